The minimum absolute atomic E-state index is 0.271. The lowest BCUT2D eigenvalue weighted by Crippen LogP contribution is -2.38. The van der Waals surface area contributed by atoms with Gasteiger partial charge >= 0.3 is 5.97 Å². The summed E-state index contributed by atoms with van der Waals surface area (Å²) < 4.78 is 17.5. The second-order valence-corrected chi connectivity index (χ2v) is 9.53. The molecule has 9 heteroatoms. The zero-order valence-corrected chi connectivity index (χ0v) is 21.7. The Balaban J connectivity index is 1.97. The molecule has 2 aromatic carbocycles. The molecule has 6 nitrogen and oxygen atoms in total. The molecule has 0 saturated carbocycles. The maximum absolute atomic E-state index is 13.4. The number of hydrogen-bond donors (Lipinski definition) is 0. The van der Waals surface area contributed by atoms with Crippen LogP contribution >= 0.6 is 39.9 Å². The van der Waals surface area contributed by atoms with Crippen molar-refractivity contribution in [1.82, 2.24) is 4.90 Å². The Kier molecular flexibility index (Phi) is 8.94. The van der Waals surface area contributed by atoms with Crippen molar-refractivity contribution in [2.75, 3.05) is 20.3 Å². The van der Waals surface area contributed by atoms with Gasteiger partial charge in [0, 0.05) is 0 Å². The number of carbonyl (C=O) groups is 2. The molecule has 0 spiro atoms. The van der Waals surface area contributed by atoms with E-state index in [4.69, 9.17) is 26.4 Å². The Morgan fingerprint density at radius 2 is 1.97 bits per heavy atom. The van der Waals surface area contributed by atoms with Crippen LogP contribution in [0.1, 0.15) is 37.4 Å². The number of halogens is 1. The number of methoxy groups -OCH3 is 1. The molecule has 1 fully saturated rings. The highest BCUT2D eigenvalue weighted by atomic mass is 79.9. The number of benzene rings is 2. The average molecular weight is 550 g/mol. The predicted molar refractivity (Wildman–Crippen MR) is 137 cm³/mol. The van der Waals surface area contributed by atoms with Crippen LogP contribution in [0.25, 0.3) is 6.08 Å². The van der Waals surface area contributed by atoms with Crippen LogP contribution in [0.15, 0.2) is 51.8 Å². The van der Waals surface area contributed by atoms with Gasteiger partial charge in [0.1, 0.15) is 4.32 Å². The van der Waals surface area contributed by atoms with Crippen LogP contribution in [-0.2, 0) is 14.3 Å². The van der Waals surface area contributed by atoms with E-state index in [9.17, 15) is 9.59 Å². The fraction of sp³-hybridized carbons (Fsp3) is 0.292. The third-order valence-corrected chi connectivity index (χ3v) is 6.63. The van der Waals surface area contributed by atoms with Crippen LogP contribution in [0.5, 0.6) is 11.5 Å². The number of thioether (sulfide) groups is 1. The van der Waals surface area contributed by atoms with Gasteiger partial charge < -0.3 is 14.2 Å². The molecule has 1 saturated heterocycles. The van der Waals surface area contributed by atoms with Crippen molar-refractivity contribution in [1.29, 1.82) is 0 Å². The summed E-state index contributed by atoms with van der Waals surface area (Å²) in [6.45, 7) is 4.56. The number of thiocarbonyl (C=S) groups is 1. The van der Waals surface area contributed by atoms with Crippen molar-refractivity contribution in [3.05, 3.63) is 63.0 Å². The summed E-state index contributed by atoms with van der Waals surface area (Å²) in [4.78, 5) is 28.1. The first kappa shape index (κ1) is 25.3. The Labute approximate surface area is 211 Å². The maximum Gasteiger partial charge on any atom is 0.333 e. The highest BCUT2D eigenvalue weighted by molar-refractivity contribution is 9.10. The van der Waals surface area contributed by atoms with Crippen molar-refractivity contribution in [2.45, 2.75) is 26.3 Å². The minimum Gasteiger partial charge on any atom is -0.493 e. The first-order valence-corrected chi connectivity index (χ1v) is 12.4. The van der Waals surface area contributed by atoms with Gasteiger partial charge in [-0.15, -0.1) is 0 Å². The zero-order valence-electron chi connectivity index (χ0n) is 18.5. The Bertz CT molecular complexity index is 1070. The second-order valence-electron chi connectivity index (χ2n) is 7.00. The van der Waals surface area contributed by atoms with Crippen molar-refractivity contribution in [2.24, 2.45) is 0 Å². The van der Waals surface area contributed by atoms with Gasteiger partial charge in [0.25, 0.3) is 5.91 Å². The van der Waals surface area contributed by atoms with Gasteiger partial charge in [-0.05, 0) is 58.6 Å². The standard InChI is InChI=1S/C24H24BrNO5S2/c1-4-11-31-23(28)20(16-9-7-6-8-10-16)26-22(27)19(33-24(26)32)14-15-12-17(25)21(30-5-2)18(13-15)29-3/h6-10,12-14,20H,4-5,11H2,1-3H3/b19-14-. The number of carbonyl (C=O) groups excluding carboxylic acids is 2. The van der Waals surface area contributed by atoms with Crippen LogP contribution in [0.2, 0.25) is 0 Å². The molecule has 174 valence electrons. The summed E-state index contributed by atoms with van der Waals surface area (Å²) >= 11 is 10.2. The summed E-state index contributed by atoms with van der Waals surface area (Å²) in [7, 11) is 1.56. The molecule has 0 bridgehead atoms. The maximum atomic E-state index is 13.4. The Morgan fingerprint density at radius 1 is 1.24 bits per heavy atom. The number of ether oxygens (including phenoxy) is 3. The molecular formula is C24H24BrNO5S2. The molecule has 3 rings (SSSR count). The Hall–Kier alpha value is -2.36. The van der Waals surface area contributed by atoms with E-state index in [1.807, 2.05) is 38.1 Å². The fourth-order valence-corrected chi connectivity index (χ4v) is 5.16. The quantitative estimate of drug-likeness (QED) is 0.224. The number of hydrogen-bond acceptors (Lipinski definition) is 7. The van der Waals surface area contributed by atoms with Gasteiger partial charge in [-0.2, -0.15) is 0 Å². The van der Waals surface area contributed by atoms with E-state index in [1.54, 1.807) is 31.4 Å². The lowest BCUT2D eigenvalue weighted by Gasteiger charge is -2.25. The van der Waals surface area contributed by atoms with Gasteiger partial charge in [0.05, 0.1) is 29.7 Å². The number of nitrogens with zero attached hydrogens (tertiary/aromatic N) is 1. The molecule has 1 unspecified atom stereocenters. The van der Waals surface area contributed by atoms with Crippen molar-refractivity contribution < 1.29 is 23.8 Å². The molecule has 0 N–H and O–H groups in total. The van der Waals surface area contributed by atoms with Crippen LogP contribution in [0.4, 0.5) is 0 Å². The molecule has 1 amide bonds. The fourth-order valence-electron chi connectivity index (χ4n) is 3.27. The zero-order chi connectivity index (χ0) is 24.0. The minimum atomic E-state index is -0.947. The van der Waals surface area contributed by atoms with Gasteiger partial charge in [0.15, 0.2) is 17.5 Å². The average Bonchev–Trinajstić information content (AvgIpc) is 3.08. The molecule has 0 aliphatic carbocycles. The molecule has 1 aliphatic rings. The van der Waals surface area contributed by atoms with E-state index in [1.165, 1.54) is 4.90 Å². The lowest BCUT2D eigenvalue weighted by molar-refractivity contribution is -0.151. The molecule has 33 heavy (non-hydrogen) atoms. The number of rotatable bonds is 9. The first-order chi connectivity index (χ1) is 15.9. The number of esters is 1. The van der Waals surface area contributed by atoms with Crippen LogP contribution < -0.4 is 9.47 Å². The molecule has 2 aromatic rings. The Morgan fingerprint density at radius 3 is 2.61 bits per heavy atom. The van der Waals surface area contributed by atoms with E-state index >= 15 is 0 Å². The second kappa shape index (κ2) is 11.7. The van der Waals surface area contributed by atoms with Gasteiger partial charge in [-0.3, -0.25) is 9.69 Å². The third kappa shape index (κ3) is 5.77. The highest BCUT2D eigenvalue weighted by Gasteiger charge is 2.42. The van der Waals surface area contributed by atoms with E-state index in [0.717, 1.165) is 17.3 Å². The molecular weight excluding hydrogens is 526 g/mol. The van der Waals surface area contributed by atoms with E-state index in [2.05, 4.69) is 15.9 Å². The summed E-state index contributed by atoms with van der Waals surface area (Å²) in [6.07, 6.45) is 2.40. The molecule has 1 atom stereocenters. The van der Waals surface area contributed by atoms with Crippen LogP contribution in [0.3, 0.4) is 0 Å². The van der Waals surface area contributed by atoms with Gasteiger partial charge in [-0.1, -0.05) is 61.2 Å². The normalized spacial score (nSPS) is 15.6. The summed E-state index contributed by atoms with van der Waals surface area (Å²) in [6, 6.07) is 11.7. The smallest absolute Gasteiger partial charge is 0.333 e. The monoisotopic (exact) mass is 549 g/mol. The van der Waals surface area contributed by atoms with E-state index in [0.29, 0.717) is 43.8 Å². The van der Waals surface area contributed by atoms with Gasteiger partial charge in [-0.25, -0.2) is 4.79 Å². The van der Waals surface area contributed by atoms with Crippen LogP contribution in [-0.4, -0.2) is 41.4 Å². The molecule has 1 heterocycles. The summed E-state index contributed by atoms with van der Waals surface area (Å²) in [5.41, 5.74) is 1.37. The van der Waals surface area contributed by atoms with Gasteiger partial charge in [0.2, 0.25) is 0 Å². The van der Waals surface area contributed by atoms with E-state index < -0.39 is 12.0 Å². The molecule has 0 aromatic heterocycles. The predicted octanol–water partition coefficient (Wildman–Crippen LogP) is 5.75. The topological polar surface area (TPSA) is 65.1 Å². The van der Waals surface area contributed by atoms with E-state index in [-0.39, 0.29) is 12.5 Å². The van der Waals surface area contributed by atoms with Crippen molar-refractivity contribution >= 4 is 62.2 Å². The molecule has 0 radical (unpaired) electrons. The van der Waals surface area contributed by atoms with Crippen molar-refractivity contribution in [3.8, 4) is 11.5 Å². The SMILES string of the molecule is CCCOC(=O)C(c1ccccc1)N1C(=O)/C(=C/c2cc(Br)c(OCC)c(OC)c2)SC1=S. The highest BCUT2D eigenvalue weighted by Crippen LogP contribution is 2.41. The first-order valence-electron chi connectivity index (χ1n) is 10.4. The van der Waals surface area contributed by atoms with Crippen LogP contribution in [0, 0.1) is 0 Å². The summed E-state index contributed by atoms with van der Waals surface area (Å²) in [5, 5.41) is 0. The molecule has 1 aliphatic heterocycles. The lowest BCUT2D eigenvalue weighted by atomic mass is 10.1. The largest absolute Gasteiger partial charge is 0.493 e. The summed E-state index contributed by atoms with van der Waals surface area (Å²) in [5.74, 6) is 0.271. The van der Waals surface area contributed by atoms with Crippen molar-refractivity contribution in [3.63, 3.8) is 0 Å². The number of amides is 1. The third-order valence-electron chi connectivity index (χ3n) is 4.71.